The first-order valence-electron chi connectivity index (χ1n) is 8.19. The number of carbonyl (C=O) groups excluding carboxylic acids is 2. The molecule has 24 heavy (non-hydrogen) atoms. The van der Waals surface area contributed by atoms with Gasteiger partial charge in [-0.1, -0.05) is 37.6 Å². The minimum atomic E-state index is -0.338. The maximum atomic E-state index is 12.2. The molecule has 4 nitrogen and oxygen atoms in total. The highest BCUT2D eigenvalue weighted by Gasteiger charge is 2.09. The van der Waals surface area contributed by atoms with E-state index in [1.165, 1.54) is 6.92 Å². The Bertz CT molecular complexity index is 690. The number of nitrogens with one attached hydrogen (secondary N) is 1. The van der Waals surface area contributed by atoms with Crippen LogP contribution in [0.1, 0.15) is 44.0 Å². The molecule has 0 heterocycles. The zero-order valence-corrected chi connectivity index (χ0v) is 14.3. The molecule has 4 heteroatoms. The molecule has 0 aliphatic carbocycles. The number of hydrogen-bond donors (Lipinski definition) is 1. The number of ether oxygens (including phenoxy) is 1. The molecule has 0 aromatic heterocycles. The van der Waals surface area contributed by atoms with E-state index in [-0.39, 0.29) is 17.9 Å². The molecule has 2 rings (SSSR count). The number of rotatable bonds is 6. The second-order valence-electron chi connectivity index (χ2n) is 5.86. The fraction of sp³-hybridized carbons (Fsp3) is 0.300. The number of carbonyl (C=O) groups is 2. The molecule has 126 valence electrons. The van der Waals surface area contributed by atoms with E-state index in [4.69, 9.17) is 4.74 Å². The van der Waals surface area contributed by atoms with E-state index >= 15 is 0 Å². The summed E-state index contributed by atoms with van der Waals surface area (Å²) in [5, 5.41) is 2.99. The molecule has 1 amide bonds. The molecular formula is C20H23NO3. The summed E-state index contributed by atoms with van der Waals surface area (Å²) in [5.41, 5.74) is 2.65. The second kappa shape index (κ2) is 8.29. The van der Waals surface area contributed by atoms with E-state index in [9.17, 15) is 9.59 Å². The minimum absolute atomic E-state index is 0.0484. The molecule has 1 atom stereocenters. The average Bonchev–Trinajstić information content (AvgIpc) is 2.55. The summed E-state index contributed by atoms with van der Waals surface area (Å²) in [7, 11) is 0. The molecule has 0 bridgehead atoms. The summed E-state index contributed by atoms with van der Waals surface area (Å²) in [5.74, 6) is 0.135. The van der Waals surface area contributed by atoms with Gasteiger partial charge in [0.15, 0.2) is 0 Å². The maximum absolute atomic E-state index is 12.2. The summed E-state index contributed by atoms with van der Waals surface area (Å²) in [6.07, 6.45) is 2.02. The molecule has 1 N–H and O–H groups in total. The molecule has 0 fully saturated rings. The van der Waals surface area contributed by atoms with Crippen molar-refractivity contribution in [1.29, 1.82) is 0 Å². The Morgan fingerprint density at radius 1 is 1.00 bits per heavy atom. The van der Waals surface area contributed by atoms with Crippen molar-refractivity contribution in [3.8, 4) is 16.9 Å². The molecule has 0 radical (unpaired) electrons. The zero-order chi connectivity index (χ0) is 17.5. The summed E-state index contributed by atoms with van der Waals surface area (Å²) in [6, 6.07) is 14.9. The van der Waals surface area contributed by atoms with E-state index in [1.807, 2.05) is 43.3 Å². The molecule has 0 aliphatic heterocycles. The first-order valence-corrected chi connectivity index (χ1v) is 8.19. The average molecular weight is 325 g/mol. The largest absolute Gasteiger partial charge is 0.427 e. The molecule has 0 saturated heterocycles. The molecule has 0 saturated carbocycles. The van der Waals surface area contributed by atoms with Crippen LogP contribution < -0.4 is 10.1 Å². The van der Waals surface area contributed by atoms with Gasteiger partial charge in [-0.05, 0) is 48.7 Å². The molecule has 0 aliphatic rings. The third kappa shape index (κ3) is 4.95. The first-order chi connectivity index (χ1) is 11.5. The van der Waals surface area contributed by atoms with Gasteiger partial charge in [-0.15, -0.1) is 0 Å². The van der Waals surface area contributed by atoms with Crippen LogP contribution in [0.5, 0.6) is 5.75 Å². The lowest BCUT2D eigenvalue weighted by Crippen LogP contribution is -2.32. The van der Waals surface area contributed by atoms with Crippen molar-refractivity contribution in [2.24, 2.45) is 0 Å². The van der Waals surface area contributed by atoms with Gasteiger partial charge in [0.1, 0.15) is 5.75 Å². The predicted octanol–water partition coefficient (Wildman–Crippen LogP) is 4.20. The van der Waals surface area contributed by atoms with Crippen LogP contribution in [0.2, 0.25) is 0 Å². The number of benzene rings is 2. The Kier molecular flexibility index (Phi) is 6.13. The van der Waals surface area contributed by atoms with Gasteiger partial charge in [0.25, 0.3) is 5.91 Å². The lowest BCUT2D eigenvalue weighted by atomic mass is 10.0. The third-order valence-electron chi connectivity index (χ3n) is 3.70. The number of esters is 1. The summed E-state index contributed by atoms with van der Waals surface area (Å²) >= 11 is 0. The van der Waals surface area contributed by atoms with Gasteiger partial charge < -0.3 is 10.1 Å². The highest BCUT2D eigenvalue weighted by molar-refractivity contribution is 5.94. The lowest BCUT2D eigenvalue weighted by Gasteiger charge is -2.13. The lowest BCUT2D eigenvalue weighted by molar-refractivity contribution is -0.131. The van der Waals surface area contributed by atoms with Crippen LogP contribution in [-0.2, 0) is 4.79 Å². The van der Waals surface area contributed by atoms with E-state index in [2.05, 4.69) is 12.2 Å². The fourth-order valence-corrected chi connectivity index (χ4v) is 2.51. The van der Waals surface area contributed by atoms with Crippen molar-refractivity contribution >= 4 is 11.9 Å². The zero-order valence-electron chi connectivity index (χ0n) is 14.3. The van der Waals surface area contributed by atoms with Gasteiger partial charge in [-0.25, -0.2) is 0 Å². The Morgan fingerprint density at radius 3 is 2.04 bits per heavy atom. The molecular weight excluding hydrogens is 302 g/mol. The molecule has 0 spiro atoms. The fourth-order valence-electron chi connectivity index (χ4n) is 2.51. The standard InChI is InChI=1S/C20H23NO3/c1-4-5-14(2)21-20(23)18-8-6-16(7-9-18)17-10-12-19(13-11-17)24-15(3)22/h6-14H,4-5H2,1-3H3,(H,21,23)/t14-/m1/s1. The minimum Gasteiger partial charge on any atom is -0.427 e. The molecule has 0 unspecified atom stereocenters. The van der Waals surface area contributed by atoms with E-state index < -0.39 is 0 Å². The van der Waals surface area contributed by atoms with Gasteiger partial charge in [0, 0.05) is 18.5 Å². The summed E-state index contributed by atoms with van der Waals surface area (Å²) < 4.78 is 5.02. The van der Waals surface area contributed by atoms with Crippen LogP contribution in [0.15, 0.2) is 48.5 Å². The molecule has 2 aromatic carbocycles. The SMILES string of the molecule is CCC[C@@H](C)NC(=O)c1ccc(-c2ccc(OC(C)=O)cc2)cc1. The predicted molar refractivity (Wildman–Crippen MR) is 95.0 cm³/mol. The van der Waals surface area contributed by atoms with Gasteiger partial charge in [0.05, 0.1) is 0 Å². The normalized spacial score (nSPS) is 11.6. The maximum Gasteiger partial charge on any atom is 0.308 e. The van der Waals surface area contributed by atoms with Gasteiger partial charge in [0.2, 0.25) is 0 Å². The van der Waals surface area contributed by atoms with E-state index in [0.29, 0.717) is 11.3 Å². The van der Waals surface area contributed by atoms with E-state index in [0.717, 1.165) is 24.0 Å². The van der Waals surface area contributed by atoms with Crippen LogP contribution in [0.3, 0.4) is 0 Å². The Labute approximate surface area is 142 Å². The van der Waals surface area contributed by atoms with Gasteiger partial charge in [-0.2, -0.15) is 0 Å². The topological polar surface area (TPSA) is 55.4 Å². The molecule has 2 aromatic rings. The van der Waals surface area contributed by atoms with Gasteiger partial charge >= 0.3 is 5.97 Å². The van der Waals surface area contributed by atoms with Crippen molar-refractivity contribution in [3.05, 3.63) is 54.1 Å². The van der Waals surface area contributed by atoms with Crippen LogP contribution in [0.25, 0.3) is 11.1 Å². The first kappa shape index (κ1) is 17.7. The highest BCUT2D eigenvalue weighted by Crippen LogP contribution is 2.23. The van der Waals surface area contributed by atoms with Crippen molar-refractivity contribution in [1.82, 2.24) is 5.32 Å². The Morgan fingerprint density at radius 2 is 1.54 bits per heavy atom. The van der Waals surface area contributed by atoms with Crippen LogP contribution in [-0.4, -0.2) is 17.9 Å². The van der Waals surface area contributed by atoms with Crippen molar-refractivity contribution < 1.29 is 14.3 Å². The number of amides is 1. The number of hydrogen-bond acceptors (Lipinski definition) is 3. The van der Waals surface area contributed by atoms with Crippen LogP contribution in [0, 0.1) is 0 Å². The quantitative estimate of drug-likeness (QED) is 0.640. The Balaban J connectivity index is 2.06. The third-order valence-corrected chi connectivity index (χ3v) is 3.70. The van der Waals surface area contributed by atoms with Crippen LogP contribution in [0.4, 0.5) is 0 Å². The van der Waals surface area contributed by atoms with Crippen molar-refractivity contribution in [2.75, 3.05) is 0 Å². The van der Waals surface area contributed by atoms with E-state index in [1.54, 1.807) is 12.1 Å². The highest BCUT2D eigenvalue weighted by atomic mass is 16.5. The van der Waals surface area contributed by atoms with Crippen molar-refractivity contribution in [3.63, 3.8) is 0 Å². The monoisotopic (exact) mass is 325 g/mol. The smallest absolute Gasteiger partial charge is 0.308 e. The van der Waals surface area contributed by atoms with Crippen LogP contribution >= 0.6 is 0 Å². The van der Waals surface area contributed by atoms with Crippen molar-refractivity contribution in [2.45, 2.75) is 39.7 Å². The second-order valence-corrected chi connectivity index (χ2v) is 5.86. The Hall–Kier alpha value is -2.62. The summed E-state index contributed by atoms with van der Waals surface area (Å²) in [6.45, 7) is 5.49. The van der Waals surface area contributed by atoms with Gasteiger partial charge in [-0.3, -0.25) is 9.59 Å². The summed E-state index contributed by atoms with van der Waals surface area (Å²) in [4.78, 5) is 23.1.